The molecule has 0 saturated heterocycles. The Morgan fingerprint density at radius 3 is 2.62 bits per heavy atom. The van der Waals surface area contributed by atoms with Gasteiger partial charge in [0, 0.05) is 18.8 Å². The van der Waals surface area contributed by atoms with Crippen molar-refractivity contribution in [1.29, 1.82) is 0 Å². The Bertz CT molecular complexity index is 640. The molecule has 4 nitrogen and oxygen atoms in total. The predicted molar refractivity (Wildman–Crippen MR) is 98.3 cm³/mol. The van der Waals surface area contributed by atoms with Gasteiger partial charge in [0.1, 0.15) is 18.0 Å². The van der Waals surface area contributed by atoms with Crippen molar-refractivity contribution in [2.45, 2.75) is 84.7 Å². The maximum absolute atomic E-state index is 13.5. The first-order chi connectivity index (χ1) is 12.0. The van der Waals surface area contributed by atoms with Crippen LogP contribution in [0.25, 0.3) is 0 Å². The molecule has 6 unspecified atom stereocenters. The molecule has 0 aromatic carbocycles. The quantitative estimate of drug-likeness (QED) is 0.757. The van der Waals surface area contributed by atoms with Crippen molar-refractivity contribution >= 4 is 11.8 Å². The minimum Gasteiger partial charge on any atom is -0.463 e. The van der Waals surface area contributed by atoms with Crippen molar-refractivity contribution in [2.75, 3.05) is 6.61 Å². The first kappa shape index (κ1) is 18.5. The average Bonchev–Trinajstić information content (AvgIpc) is 2.76. The third-order valence-electron chi connectivity index (χ3n) is 9.01. The van der Waals surface area contributed by atoms with E-state index in [1.807, 2.05) is 0 Å². The van der Waals surface area contributed by atoms with E-state index >= 15 is 0 Å². The molecule has 0 aromatic rings. The van der Waals surface area contributed by atoms with E-state index in [4.69, 9.17) is 4.74 Å². The molecule has 4 aliphatic carbocycles. The second kappa shape index (κ2) is 5.56. The summed E-state index contributed by atoms with van der Waals surface area (Å²) in [6, 6.07) is 0. The van der Waals surface area contributed by atoms with Crippen LogP contribution in [-0.4, -0.2) is 29.1 Å². The minimum atomic E-state index is -1.02. The molecule has 0 heterocycles. The molecule has 0 radical (unpaired) electrons. The average molecular weight is 363 g/mol. The molecule has 2 bridgehead atoms. The fourth-order valence-electron chi connectivity index (χ4n) is 7.92. The van der Waals surface area contributed by atoms with Gasteiger partial charge in [-0.2, -0.15) is 0 Å². The van der Waals surface area contributed by atoms with Crippen LogP contribution in [0.4, 0.5) is 0 Å². The third-order valence-corrected chi connectivity index (χ3v) is 9.01. The lowest BCUT2D eigenvalue weighted by Gasteiger charge is -2.62. The predicted octanol–water partition coefficient (Wildman–Crippen LogP) is 3.89. The van der Waals surface area contributed by atoms with Crippen LogP contribution in [0, 0.1) is 34.0 Å². The fourth-order valence-corrected chi connectivity index (χ4v) is 7.92. The summed E-state index contributed by atoms with van der Waals surface area (Å²) in [6.07, 6.45) is 7.56. The summed E-state index contributed by atoms with van der Waals surface area (Å²) in [5, 5.41) is 11.3. The lowest BCUT2D eigenvalue weighted by Crippen LogP contribution is -2.59. The highest BCUT2D eigenvalue weighted by molar-refractivity contribution is 5.87. The lowest BCUT2D eigenvalue weighted by atomic mass is 9.41. The monoisotopic (exact) mass is 362 g/mol. The standard InChI is InChI=1S/C22H34O4/c1-14(23)26-13-22(25)12-21-11-15(22)6-7-16(21)20(4)9-5-8-19(2,3)17(20)10-18(21)24/h15-17,25H,5-13H2,1-4H3. The molecule has 6 atom stereocenters. The van der Waals surface area contributed by atoms with E-state index < -0.39 is 11.0 Å². The van der Waals surface area contributed by atoms with E-state index in [1.54, 1.807) is 0 Å². The first-order valence-corrected chi connectivity index (χ1v) is 10.4. The van der Waals surface area contributed by atoms with Crippen molar-refractivity contribution in [3.05, 3.63) is 0 Å². The van der Waals surface area contributed by atoms with E-state index in [0.29, 0.717) is 30.5 Å². The molecule has 4 aliphatic rings. The Balaban J connectivity index is 1.69. The molecule has 0 aromatic heterocycles. The van der Waals surface area contributed by atoms with E-state index in [-0.39, 0.29) is 29.3 Å². The number of rotatable bonds is 2. The number of hydrogen-bond donors (Lipinski definition) is 1. The van der Waals surface area contributed by atoms with Crippen LogP contribution >= 0.6 is 0 Å². The van der Waals surface area contributed by atoms with Gasteiger partial charge in [-0.1, -0.05) is 27.2 Å². The summed E-state index contributed by atoms with van der Waals surface area (Å²) in [6.45, 7) is 8.55. The highest BCUT2D eigenvalue weighted by Crippen LogP contribution is 2.71. The smallest absolute Gasteiger partial charge is 0.302 e. The fraction of sp³-hybridized carbons (Fsp3) is 0.909. The van der Waals surface area contributed by atoms with Crippen LogP contribution in [0.2, 0.25) is 0 Å². The highest BCUT2D eigenvalue weighted by atomic mass is 16.5. The van der Waals surface area contributed by atoms with Crippen molar-refractivity contribution in [1.82, 2.24) is 0 Å². The molecule has 1 spiro atoms. The molecule has 26 heavy (non-hydrogen) atoms. The van der Waals surface area contributed by atoms with Crippen molar-refractivity contribution in [3.8, 4) is 0 Å². The van der Waals surface area contributed by atoms with E-state index in [0.717, 1.165) is 19.3 Å². The summed E-state index contributed by atoms with van der Waals surface area (Å²) in [4.78, 5) is 24.8. The normalized spacial score (nSPS) is 49.3. The third kappa shape index (κ3) is 2.36. The van der Waals surface area contributed by atoms with E-state index in [9.17, 15) is 14.7 Å². The molecule has 4 fully saturated rings. The largest absolute Gasteiger partial charge is 0.463 e. The van der Waals surface area contributed by atoms with Gasteiger partial charge in [0.15, 0.2) is 0 Å². The summed E-state index contributed by atoms with van der Waals surface area (Å²) >= 11 is 0. The molecule has 4 saturated carbocycles. The second-order valence-corrected chi connectivity index (χ2v) is 10.8. The van der Waals surface area contributed by atoms with Crippen molar-refractivity contribution in [3.63, 3.8) is 0 Å². The number of carbonyl (C=O) groups excluding carboxylic acids is 2. The summed E-state index contributed by atoms with van der Waals surface area (Å²) in [5.41, 5.74) is -1.01. The molecule has 4 rings (SSSR count). The van der Waals surface area contributed by atoms with Gasteiger partial charge in [-0.3, -0.25) is 9.59 Å². The van der Waals surface area contributed by atoms with Gasteiger partial charge in [-0.05, 0) is 67.1 Å². The molecule has 4 heteroatoms. The Morgan fingerprint density at radius 1 is 1.19 bits per heavy atom. The Morgan fingerprint density at radius 2 is 1.92 bits per heavy atom. The van der Waals surface area contributed by atoms with Gasteiger partial charge in [0.25, 0.3) is 0 Å². The van der Waals surface area contributed by atoms with Crippen molar-refractivity contribution in [2.24, 2.45) is 34.0 Å². The zero-order chi connectivity index (χ0) is 19.0. The number of carbonyl (C=O) groups is 2. The summed E-state index contributed by atoms with van der Waals surface area (Å²) in [5.74, 6) is 0.918. The minimum absolute atomic E-state index is 0.0420. The van der Waals surface area contributed by atoms with Gasteiger partial charge in [0.2, 0.25) is 0 Å². The number of ether oxygens (including phenoxy) is 1. The number of hydrogen-bond acceptors (Lipinski definition) is 4. The number of Topliss-reactive ketones (excluding diaryl/α,β-unsaturated/α-hetero) is 1. The van der Waals surface area contributed by atoms with Crippen molar-refractivity contribution < 1.29 is 19.4 Å². The summed E-state index contributed by atoms with van der Waals surface area (Å²) < 4.78 is 5.21. The van der Waals surface area contributed by atoms with Crippen LogP contribution in [0.3, 0.4) is 0 Å². The van der Waals surface area contributed by atoms with Gasteiger partial charge in [-0.25, -0.2) is 0 Å². The zero-order valence-corrected chi connectivity index (χ0v) is 16.8. The maximum atomic E-state index is 13.5. The summed E-state index contributed by atoms with van der Waals surface area (Å²) in [7, 11) is 0. The van der Waals surface area contributed by atoms with Gasteiger partial charge < -0.3 is 9.84 Å². The lowest BCUT2D eigenvalue weighted by molar-refractivity contribution is -0.170. The molecule has 0 aliphatic heterocycles. The van der Waals surface area contributed by atoms with Gasteiger partial charge in [0.05, 0.1) is 0 Å². The second-order valence-electron chi connectivity index (χ2n) is 10.8. The topological polar surface area (TPSA) is 63.6 Å². The Kier molecular flexibility index (Phi) is 3.95. The number of fused-ring (bicyclic) bond motifs is 3. The molecule has 0 amide bonds. The van der Waals surface area contributed by atoms with Crippen LogP contribution in [0.5, 0.6) is 0 Å². The number of esters is 1. The van der Waals surface area contributed by atoms with Gasteiger partial charge >= 0.3 is 5.97 Å². The number of aliphatic hydroxyl groups is 1. The molecular weight excluding hydrogens is 328 g/mol. The van der Waals surface area contributed by atoms with Gasteiger partial charge in [-0.15, -0.1) is 0 Å². The Hall–Kier alpha value is -0.900. The van der Waals surface area contributed by atoms with E-state index in [1.165, 1.54) is 26.2 Å². The van der Waals surface area contributed by atoms with E-state index in [2.05, 4.69) is 20.8 Å². The molecule has 146 valence electrons. The number of ketones is 1. The zero-order valence-electron chi connectivity index (χ0n) is 16.8. The first-order valence-electron chi connectivity index (χ1n) is 10.4. The van der Waals surface area contributed by atoms with Crippen LogP contribution in [0.15, 0.2) is 0 Å². The highest BCUT2D eigenvalue weighted by Gasteiger charge is 2.70. The van der Waals surface area contributed by atoms with Crippen LogP contribution < -0.4 is 0 Å². The van der Waals surface area contributed by atoms with Crippen LogP contribution in [-0.2, 0) is 14.3 Å². The Labute approximate surface area is 157 Å². The maximum Gasteiger partial charge on any atom is 0.302 e. The molecular formula is C22H34O4. The van der Waals surface area contributed by atoms with Crippen LogP contribution in [0.1, 0.15) is 79.1 Å². The SMILES string of the molecule is CC(=O)OCC1(O)CC23CC1CCC2C1(C)CCCC(C)(C)C1CC3=O. The molecule has 1 N–H and O–H groups in total.